The van der Waals surface area contributed by atoms with E-state index in [0.717, 1.165) is 0 Å². The van der Waals surface area contributed by atoms with Crippen LogP contribution < -0.4 is 0 Å². The molecule has 0 spiro atoms. The van der Waals surface area contributed by atoms with Gasteiger partial charge in [-0.25, -0.2) is 0 Å². The van der Waals surface area contributed by atoms with Gasteiger partial charge in [-0.05, 0) is 0 Å². The molecular formula is C5H8ClNO3. The van der Waals surface area contributed by atoms with Gasteiger partial charge in [-0.1, -0.05) is 16.8 Å². The Kier molecular flexibility index (Phi) is 2.92. The van der Waals surface area contributed by atoms with Gasteiger partial charge in [0.25, 0.3) is 0 Å². The van der Waals surface area contributed by atoms with E-state index in [4.69, 9.17) is 26.3 Å². The Morgan fingerprint density at radius 2 is 2.20 bits per heavy atom. The van der Waals surface area contributed by atoms with Crippen molar-refractivity contribution in [3.05, 3.63) is 0 Å². The first-order chi connectivity index (χ1) is 4.83. The molecule has 58 valence electrons. The zero-order valence-electron chi connectivity index (χ0n) is 5.29. The number of nitrogens with zero attached hydrogens (tertiary/aromatic N) is 1. The summed E-state index contributed by atoms with van der Waals surface area (Å²) < 4.78 is 10.1. The Balaban J connectivity index is 2.24. The van der Waals surface area contributed by atoms with Gasteiger partial charge >= 0.3 is 0 Å². The highest BCUT2D eigenvalue weighted by atomic mass is 35.5. The van der Waals surface area contributed by atoms with Crippen LogP contribution in [-0.4, -0.2) is 29.9 Å². The molecule has 4 nitrogen and oxygen atoms in total. The first-order valence-electron chi connectivity index (χ1n) is 2.92. The van der Waals surface area contributed by atoms with E-state index in [1.165, 1.54) is 0 Å². The van der Waals surface area contributed by atoms with E-state index in [2.05, 4.69) is 5.16 Å². The molecular weight excluding hydrogens is 158 g/mol. The minimum Gasteiger partial charge on any atom is -0.410 e. The maximum atomic E-state index is 8.14. The topological polar surface area (TPSA) is 51.1 Å². The molecule has 0 unspecified atom stereocenters. The SMILES string of the molecule is O/N=C(\Cl)CC1OCCO1. The van der Waals surface area contributed by atoms with Crippen molar-refractivity contribution in [3.8, 4) is 0 Å². The summed E-state index contributed by atoms with van der Waals surface area (Å²) in [6, 6.07) is 0. The fourth-order valence-corrected chi connectivity index (χ4v) is 0.829. The third kappa shape index (κ3) is 2.13. The molecule has 1 rings (SSSR count). The van der Waals surface area contributed by atoms with E-state index in [-0.39, 0.29) is 11.5 Å². The molecule has 0 aromatic carbocycles. The van der Waals surface area contributed by atoms with Crippen molar-refractivity contribution in [2.24, 2.45) is 5.16 Å². The lowest BCUT2D eigenvalue weighted by molar-refractivity contribution is -0.0346. The number of oxime groups is 1. The van der Waals surface area contributed by atoms with Gasteiger partial charge in [0.2, 0.25) is 0 Å². The quantitative estimate of drug-likeness (QED) is 0.374. The summed E-state index contributed by atoms with van der Waals surface area (Å²) in [5.74, 6) is 0. The van der Waals surface area contributed by atoms with Gasteiger partial charge in [0, 0.05) is 0 Å². The predicted molar refractivity (Wildman–Crippen MR) is 35.4 cm³/mol. The Hall–Kier alpha value is -0.320. The van der Waals surface area contributed by atoms with Crippen molar-refractivity contribution < 1.29 is 14.7 Å². The van der Waals surface area contributed by atoms with E-state index in [0.29, 0.717) is 19.6 Å². The summed E-state index contributed by atoms with van der Waals surface area (Å²) in [7, 11) is 0. The van der Waals surface area contributed by atoms with Gasteiger partial charge in [-0.15, -0.1) is 0 Å². The van der Waals surface area contributed by atoms with E-state index in [9.17, 15) is 0 Å². The van der Waals surface area contributed by atoms with Crippen LogP contribution in [0.4, 0.5) is 0 Å². The maximum Gasteiger partial charge on any atom is 0.164 e. The van der Waals surface area contributed by atoms with Crippen molar-refractivity contribution >= 4 is 16.8 Å². The summed E-state index contributed by atoms with van der Waals surface area (Å²) in [5.41, 5.74) is 0. The molecule has 0 aromatic heterocycles. The summed E-state index contributed by atoms with van der Waals surface area (Å²) in [6.07, 6.45) is -0.0127. The van der Waals surface area contributed by atoms with Crippen LogP contribution in [-0.2, 0) is 9.47 Å². The Labute approximate surface area is 63.4 Å². The number of hydrogen-bond acceptors (Lipinski definition) is 4. The molecule has 0 amide bonds. The largest absolute Gasteiger partial charge is 0.410 e. The first-order valence-corrected chi connectivity index (χ1v) is 3.30. The van der Waals surface area contributed by atoms with Crippen molar-refractivity contribution in [2.45, 2.75) is 12.7 Å². The molecule has 1 N–H and O–H groups in total. The molecule has 1 fully saturated rings. The normalized spacial score (nSPS) is 21.9. The highest BCUT2D eigenvalue weighted by Crippen LogP contribution is 2.09. The van der Waals surface area contributed by atoms with Crippen LogP contribution in [0.2, 0.25) is 0 Å². The van der Waals surface area contributed by atoms with Crippen LogP contribution >= 0.6 is 11.6 Å². The van der Waals surface area contributed by atoms with Crippen molar-refractivity contribution in [1.82, 2.24) is 0 Å². The second-order valence-electron chi connectivity index (χ2n) is 1.85. The third-order valence-corrected chi connectivity index (χ3v) is 1.36. The molecule has 0 radical (unpaired) electrons. The van der Waals surface area contributed by atoms with Crippen LogP contribution in [0.1, 0.15) is 6.42 Å². The fraction of sp³-hybridized carbons (Fsp3) is 0.800. The fourth-order valence-electron chi connectivity index (χ4n) is 0.703. The molecule has 10 heavy (non-hydrogen) atoms. The lowest BCUT2D eigenvalue weighted by Gasteiger charge is -2.04. The van der Waals surface area contributed by atoms with Gasteiger partial charge in [0.15, 0.2) is 6.29 Å². The van der Waals surface area contributed by atoms with Crippen molar-refractivity contribution in [1.29, 1.82) is 0 Å². The molecule has 0 aliphatic carbocycles. The van der Waals surface area contributed by atoms with Crippen molar-refractivity contribution in [3.63, 3.8) is 0 Å². The molecule has 0 saturated carbocycles. The van der Waals surface area contributed by atoms with Gasteiger partial charge in [-0.3, -0.25) is 0 Å². The van der Waals surface area contributed by atoms with E-state index < -0.39 is 0 Å². The molecule has 1 heterocycles. The Morgan fingerprint density at radius 1 is 1.60 bits per heavy atom. The van der Waals surface area contributed by atoms with E-state index >= 15 is 0 Å². The van der Waals surface area contributed by atoms with Crippen LogP contribution in [0.25, 0.3) is 0 Å². The Morgan fingerprint density at radius 3 is 2.70 bits per heavy atom. The zero-order valence-corrected chi connectivity index (χ0v) is 6.04. The molecule has 0 atom stereocenters. The second kappa shape index (κ2) is 3.75. The van der Waals surface area contributed by atoms with Gasteiger partial charge in [0.05, 0.1) is 19.6 Å². The highest BCUT2D eigenvalue weighted by Gasteiger charge is 2.17. The maximum absolute atomic E-state index is 8.14. The molecule has 1 aliphatic heterocycles. The summed E-state index contributed by atoms with van der Waals surface area (Å²) in [4.78, 5) is 0. The average Bonchev–Trinajstić information content (AvgIpc) is 2.40. The lowest BCUT2D eigenvalue weighted by atomic mass is 10.4. The van der Waals surface area contributed by atoms with Crippen molar-refractivity contribution in [2.75, 3.05) is 13.2 Å². The number of hydrogen-bond donors (Lipinski definition) is 1. The Bertz CT molecular complexity index is 133. The van der Waals surface area contributed by atoms with Crippen LogP contribution in [0, 0.1) is 0 Å². The average molecular weight is 166 g/mol. The predicted octanol–water partition coefficient (Wildman–Crippen LogP) is 0.776. The minimum atomic E-state index is -0.330. The van der Waals surface area contributed by atoms with Gasteiger partial charge < -0.3 is 14.7 Å². The monoisotopic (exact) mass is 165 g/mol. The summed E-state index contributed by atoms with van der Waals surface area (Å²) in [6.45, 7) is 1.17. The molecule has 0 aromatic rings. The van der Waals surface area contributed by atoms with E-state index in [1.807, 2.05) is 0 Å². The molecule has 5 heteroatoms. The second-order valence-corrected chi connectivity index (χ2v) is 2.29. The summed E-state index contributed by atoms with van der Waals surface area (Å²) >= 11 is 5.39. The number of rotatable bonds is 2. The van der Waals surface area contributed by atoms with Crippen LogP contribution in [0.5, 0.6) is 0 Å². The number of ether oxygens (including phenoxy) is 2. The molecule has 1 saturated heterocycles. The first kappa shape index (κ1) is 7.78. The smallest absolute Gasteiger partial charge is 0.164 e. The summed E-state index contributed by atoms with van der Waals surface area (Å²) in [5, 5.41) is 11.0. The van der Waals surface area contributed by atoms with E-state index in [1.54, 1.807) is 0 Å². The number of halogens is 1. The van der Waals surface area contributed by atoms with Gasteiger partial charge in [0.1, 0.15) is 5.17 Å². The van der Waals surface area contributed by atoms with Crippen LogP contribution in [0.3, 0.4) is 0 Å². The lowest BCUT2D eigenvalue weighted by Crippen LogP contribution is -2.10. The third-order valence-electron chi connectivity index (χ3n) is 1.13. The minimum absolute atomic E-state index is 0.104. The molecule has 0 bridgehead atoms. The van der Waals surface area contributed by atoms with Gasteiger partial charge in [-0.2, -0.15) is 0 Å². The van der Waals surface area contributed by atoms with Crippen LogP contribution in [0.15, 0.2) is 5.16 Å². The molecule has 1 aliphatic rings. The zero-order chi connectivity index (χ0) is 7.40. The standard InChI is InChI=1S/C5H8ClNO3/c6-4(7-8)3-5-9-1-2-10-5/h5,8H,1-3H2/b7-4-. The highest BCUT2D eigenvalue weighted by molar-refractivity contribution is 6.65.